The Hall–Kier alpha value is -1.20. The average molecular weight is 279 g/mol. The number of carbonyl (C=O) groups is 1. The number of hydrazine groups is 1. The predicted octanol–water partition coefficient (Wildman–Crippen LogP) is 2.25. The van der Waals surface area contributed by atoms with E-state index in [0.717, 1.165) is 30.8 Å². The Kier molecular flexibility index (Phi) is 4.71. The molecule has 0 saturated carbocycles. The number of amides is 1. The van der Waals surface area contributed by atoms with Gasteiger partial charge in [0.15, 0.2) is 0 Å². The molecule has 1 atom stereocenters. The molecule has 1 aliphatic heterocycles. The van der Waals surface area contributed by atoms with Crippen LogP contribution in [0.5, 0.6) is 0 Å². The summed E-state index contributed by atoms with van der Waals surface area (Å²) < 4.78 is 0. The van der Waals surface area contributed by atoms with Gasteiger partial charge in [-0.3, -0.25) is 10.6 Å². The quantitative estimate of drug-likeness (QED) is 0.658. The minimum absolute atomic E-state index is 0.0756. The van der Waals surface area contributed by atoms with E-state index in [0.29, 0.717) is 16.5 Å². The number of nitrogens with one attached hydrogen (secondary N) is 1. The van der Waals surface area contributed by atoms with Gasteiger partial charge < -0.3 is 10.3 Å². The van der Waals surface area contributed by atoms with Crippen LogP contribution in [-0.4, -0.2) is 34.9 Å². The Morgan fingerprint density at radius 1 is 1.58 bits per heavy atom. The summed E-state index contributed by atoms with van der Waals surface area (Å²) in [4.78, 5) is 14.5. The fraction of sp³-hybridized carbons (Fsp3) is 0.500. The van der Waals surface area contributed by atoms with Crippen molar-refractivity contribution < 1.29 is 4.79 Å². The monoisotopic (exact) mass is 279 g/mol. The molecule has 3 N–H and O–H groups in total. The van der Waals surface area contributed by atoms with Gasteiger partial charge in [-0.1, -0.05) is 13.0 Å². The van der Waals surface area contributed by atoms with Crippen molar-refractivity contribution >= 4 is 23.4 Å². The fourth-order valence-electron chi connectivity index (χ4n) is 2.29. The molecule has 5 heteroatoms. The molecule has 19 heavy (non-hydrogen) atoms. The molecule has 0 aromatic heterocycles. The highest BCUT2D eigenvalue weighted by molar-refractivity contribution is 8.00. The van der Waals surface area contributed by atoms with E-state index in [-0.39, 0.29) is 5.91 Å². The third-order valence-electron chi connectivity index (χ3n) is 3.44. The first-order chi connectivity index (χ1) is 9.15. The molecule has 1 heterocycles. The van der Waals surface area contributed by atoms with E-state index < -0.39 is 0 Å². The minimum Gasteiger partial charge on any atom is -0.337 e. The molecule has 1 amide bonds. The summed E-state index contributed by atoms with van der Waals surface area (Å²) in [5.74, 6) is 6.61. The van der Waals surface area contributed by atoms with E-state index in [4.69, 9.17) is 5.84 Å². The molecule has 1 aromatic rings. The molecule has 4 nitrogen and oxygen atoms in total. The second-order valence-corrected chi connectivity index (χ2v) is 6.25. The molecule has 0 aliphatic carbocycles. The largest absolute Gasteiger partial charge is 0.337 e. The van der Waals surface area contributed by atoms with E-state index >= 15 is 0 Å². The van der Waals surface area contributed by atoms with Crippen molar-refractivity contribution in [3.63, 3.8) is 0 Å². The van der Waals surface area contributed by atoms with Gasteiger partial charge in [0.1, 0.15) is 0 Å². The Balaban J connectivity index is 2.19. The van der Waals surface area contributed by atoms with E-state index in [1.54, 1.807) is 0 Å². The van der Waals surface area contributed by atoms with Gasteiger partial charge in [-0.2, -0.15) is 11.8 Å². The molecular weight excluding hydrogens is 258 g/mol. The van der Waals surface area contributed by atoms with Crippen molar-refractivity contribution in [2.45, 2.75) is 25.5 Å². The van der Waals surface area contributed by atoms with Crippen LogP contribution in [0.4, 0.5) is 5.69 Å². The zero-order chi connectivity index (χ0) is 13.8. The van der Waals surface area contributed by atoms with Gasteiger partial charge in [-0.15, -0.1) is 0 Å². The van der Waals surface area contributed by atoms with Crippen LogP contribution in [0.1, 0.15) is 29.3 Å². The van der Waals surface area contributed by atoms with Crippen molar-refractivity contribution in [2.24, 2.45) is 5.84 Å². The molecule has 1 saturated heterocycles. The molecule has 1 fully saturated rings. The van der Waals surface area contributed by atoms with E-state index in [2.05, 4.69) is 12.3 Å². The summed E-state index contributed by atoms with van der Waals surface area (Å²) in [5, 5.41) is 0.553. The van der Waals surface area contributed by atoms with Crippen molar-refractivity contribution in [1.82, 2.24) is 4.90 Å². The maximum Gasteiger partial charge on any atom is 0.256 e. The molecule has 104 valence electrons. The molecule has 0 spiro atoms. The number of hydrogen-bond donors (Lipinski definition) is 2. The number of carbonyl (C=O) groups excluding carboxylic acids is 1. The third-order valence-corrected chi connectivity index (χ3v) is 4.81. The number of aryl methyl sites for hydroxylation is 1. The van der Waals surface area contributed by atoms with Crippen LogP contribution in [0.25, 0.3) is 0 Å². The van der Waals surface area contributed by atoms with Crippen LogP contribution in [-0.2, 0) is 0 Å². The summed E-state index contributed by atoms with van der Waals surface area (Å²) in [6, 6.07) is 5.71. The topological polar surface area (TPSA) is 58.4 Å². The lowest BCUT2D eigenvalue weighted by molar-refractivity contribution is 0.0762. The highest BCUT2D eigenvalue weighted by atomic mass is 32.2. The van der Waals surface area contributed by atoms with Crippen molar-refractivity contribution in [1.29, 1.82) is 0 Å². The minimum atomic E-state index is 0.0756. The Morgan fingerprint density at radius 2 is 2.37 bits per heavy atom. The fourth-order valence-corrected chi connectivity index (χ4v) is 3.47. The molecule has 1 unspecified atom stereocenters. The molecular formula is C14H21N3OS. The van der Waals surface area contributed by atoms with Gasteiger partial charge in [0, 0.05) is 24.1 Å². The van der Waals surface area contributed by atoms with Crippen LogP contribution in [0.15, 0.2) is 18.2 Å². The summed E-state index contributed by atoms with van der Waals surface area (Å²) in [6.07, 6.45) is 1.10. The Morgan fingerprint density at radius 3 is 3.05 bits per heavy atom. The van der Waals surface area contributed by atoms with Crippen molar-refractivity contribution in [3.8, 4) is 0 Å². The maximum atomic E-state index is 12.6. The lowest BCUT2D eigenvalue weighted by atomic mass is 10.1. The highest BCUT2D eigenvalue weighted by Crippen LogP contribution is 2.24. The lowest BCUT2D eigenvalue weighted by Gasteiger charge is -2.32. The molecule has 0 radical (unpaired) electrons. The summed E-state index contributed by atoms with van der Waals surface area (Å²) in [5.41, 5.74) is 5.08. The van der Waals surface area contributed by atoms with Crippen LogP contribution < -0.4 is 11.3 Å². The Labute approximate surface area is 118 Å². The van der Waals surface area contributed by atoms with Crippen LogP contribution in [0.3, 0.4) is 0 Å². The molecule has 1 aliphatic rings. The standard InChI is InChI=1S/C14H21N3OS/c1-3-11-9-17(6-7-19-11)14(18)12-5-4-10(2)8-13(12)16-15/h4-5,8,11,16H,3,6-7,9,15H2,1-2H3. The van der Waals surface area contributed by atoms with Gasteiger partial charge >= 0.3 is 0 Å². The normalized spacial score (nSPS) is 19.3. The van der Waals surface area contributed by atoms with Crippen LogP contribution >= 0.6 is 11.8 Å². The van der Waals surface area contributed by atoms with Gasteiger partial charge in [0.05, 0.1) is 11.3 Å². The van der Waals surface area contributed by atoms with E-state index in [9.17, 15) is 4.79 Å². The smallest absolute Gasteiger partial charge is 0.256 e. The first-order valence-electron chi connectivity index (χ1n) is 6.63. The van der Waals surface area contributed by atoms with E-state index in [1.807, 2.05) is 41.8 Å². The van der Waals surface area contributed by atoms with Crippen molar-refractivity contribution in [3.05, 3.63) is 29.3 Å². The number of nitrogens with two attached hydrogens (primary N) is 1. The number of benzene rings is 1. The van der Waals surface area contributed by atoms with Crippen LogP contribution in [0, 0.1) is 6.92 Å². The third kappa shape index (κ3) is 3.22. The van der Waals surface area contributed by atoms with E-state index in [1.165, 1.54) is 0 Å². The zero-order valence-electron chi connectivity index (χ0n) is 11.5. The van der Waals surface area contributed by atoms with Gasteiger partial charge in [-0.25, -0.2) is 0 Å². The Bertz CT molecular complexity index is 464. The van der Waals surface area contributed by atoms with Gasteiger partial charge in [0.25, 0.3) is 5.91 Å². The predicted molar refractivity (Wildman–Crippen MR) is 81.4 cm³/mol. The molecule has 2 rings (SSSR count). The number of nitrogens with zero attached hydrogens (tertiary/aromatic N) is 1. The summed E-state index contributed by atoms with van der Waals surface area (Å²) >= 11 is 1.96. The van der Waals surface area contributed by atoms with Crippen LogP contribution in [0.2, 0.25) is 0 Å². The number of hydrogen-bond acceptors (Lipinski definition) is 4. The SMILES string of the molecule is CCC1CN(C(=O)c2ccc(C)cc2NN)CCS1. The lowest BCUT2D eigenvalue weighted by Crippen LogP contribution is -2.42. The van der Waals surface area contributed by atoms with Gasteiger partial charge in [0.2, 0.25) is 0 Å². The summed E-state index contributed by atoms with van der Waals surface area (Å²) in [7, 11) is 0. The average Bonchev–Trinajstić information content (AvgIpc) is 2.46. The number of rotatable bonds is 3. The maximum absolute atomic E-state index is 12.6. The van der Waals surface area contributed by atoms with Crippen molar-refractivity contribution in [2.75, 3.05) is 24.3 Å². The zero-order valence-corrected chi connectivity index (χ0v) is 12.3. The van der Waals surface area contributed by atoms with Gasteiger partial charge in [-0.05, 0) is 31.0 Å². The summed E-state index contributed by atoms with van der Waals surface area (Å²) in [6.45, 7) is 5.81. The number of nitrogen functional groups attached to an aromatic ring is 1. The second-order valence-electron chi connectivity index (χ2n) is 4.85. The first kappa shape index (κ1) is 14.2. The molecule has 1 aromatic carbocycles. The highest BCUT2D eigenvalue weighted by Gasteiger charge is 2.25. The first-order valence-corrected chi connectivity index (χ1v) is 7.68. The number of anilines is 1. The second kappa shape index (κ2) is 6.30. The molecule has 0 bridgehead atoms. The number of thioether (sulfide) groups is 1.